The summed E-state index contributed by atoms with van der Waals surface area (Å²) < 4.78 is 13.1. The summed E-state index contributed by atoms with van der Waals surface area (Å²) in [7, 11) is 0. The molecule has 0 fully saturated rings. The van der Waals surface area contributed by atoms with E-state index in [-0.39, 0.29) is 35.9 Å². The highest BCUT2D eigenvalue weighted by atomic mass is 16.6. The third-order valence-electron chi connectivity index (χ3n) is 7.25. The molecule has 4 aromatic rings. The van der Waals surface area contributed by atoms with Crippen LogP contribution in [0.1, 0.15) is 101 Å². The third-order valence-corrected chi connectivity index (χ3v) is 7.25. The average Bonchev–Trinajstić information content (AvgIpc) is 3.70. The first-order chi connectivity index (χ1) is 26.5. The molecule has 0 saturated carbocycles. The van der Waals surface area contributed by atoms with Crippen LogP contribution in [-0.4, -0.2) is 103 Å². The molecule has 2 aromatic carbocycles. The molecular weight excluding hydrogens is 740 g/mol. The minimum atomic E-state index is -1.04. The first-order valence-electron chi connectivity index (χ1n) is 17.7. The van der Waals surface area contributed by atoms with E-state index < -0.39 is 35.3 Å². The molecule has 0 atom stereocenters. The number of benzene rings is 2. The number of nitrogens with one attached hydrogen (secondary N) is 3. The minimum absolute atomic E-state index is 0.0408. The Morgan fingerprint density at radius 1 is 0.632 bits per heavy atom. The lowest BCUT2D eigenvalue weighted by Gasteiger charge is -2.19. The molecule has 2 aromatic heterocycles. The number of hydrogen-bond acceptors (Lipinski definition) is 11. The molecule has 7 N–H and O–H groups in total. The smallest absolute Gasteiger partial charge is 0.407 e. The van der Waals surface area contributed by atoms with Gasteiger partial charge in [-0.25, -0.2) is 28.5 Å². The lowest BCUT2D eigenvalue weighted by atomic mass is 10.2. The molecule has 0 aliphatic rings. The zero-order valence-corrected chi connectivity index (χ0v) is 33.6. The summed E-state index contributed by atoms with van der Waals surface area (Å²) in [6, 6.07) is 12.9. The molecule has 0 bridgehead atoms. The van der Waals surface area contributed by atoms with Gasteiger partial charge in [-0.15, -0.1) is 0 Å². The number of ether oxygens (including phenoxy) is 2. The van der Waals surface area contributed by atoms with Gasteiger partial charge in [0.1, 0.15) is 16.8 Å². The van der Waals surface area contributed by atoms with Crippen LogP contribution in [0.5, 0.6) is 0 Å². The molecule has 0 aliphatic carbocycles. The summed E-state index contributed by atoms with van der Waals surface area (Å²) in [5.74, 6) is -2.34. The Balaban J connectivity index is 0.000000330. The highest BCUT2D eigenvalue weighted by Crippen LogP contribution is 2.17. The van der Waals surface area contributed by atoms with Gasteiger partial charge in [0.25, 0.3) is 5.91 Å². The lowest BCUT2D eigenvalue weighted by molar-refractivity contribution is 0.0517. The zero-order chi connectivity index (χ0) is 43.1. The molecule has 4 rings (SSSR count). The Bertz CT molecular complexity index is 2010. The molecule has 18 heteroatoms. The number of alkyl carbamates (subject to hydrolysis) is 2. The normalized spacial score (nSPS) is 10.8. The fraction of sp³-hybridized carbons (Fsp3) is 0.385. The van der Waals surface area contributed by atoms with Crippen LogP contribution in [0.2, 0.25) is 0 Å². The molecule has 0 unspecified atom stereocenters. The van der Waals surface area contributed by atoms with Crippen LogP contribution in [-0.2, 0) is 9.47 Å². The maximum Gasteiger partial charge on any atom is 0.407 e. The van der Waals surface area contributed by atoms with Crippen molar-refractivity contribution in [2.75, 3.05) is 26.2 Å². The highest BCUT2D eigenvalue weighted by Gasteiger charge is 2.17. The van der Waals surface area contributed by atoms with Gasteiger partial charge in [-0.1, -0.05) is 0 Å². The van der Waals surface area contributed by atoms with Crippen molar-refractivity contribution in [2.45, 2.75) is 73.5 Å². The molecule has 18 nitrogen and oxygen atoms in total. The molecule has 2 heterocycles. The van der Waals surface area contributed by atoms with E-state index in [1.807, 2.05) is 20.8 Å². The maximum atomic E-state index is 12.2. The first kappa shape index (κ1) is 46.6. The van der Waals surface area contributed by atoms with E-state index in [0.717, 1.165) is 11.4 Å². The van der Waals surface area contributed by atoms with Gasteiger partial charge < -0.3 is 41.4 Å². The highest BCUT2D eigenvalue weighted by molar-refractivity contribution is 5.95. The number of carboxylic acid groups (broad SMARTS) is 2. The molecular formula is C39H52N8O10. The molecule has 0 radical (unpaired) electrons. The van der Waals surface area contributed by atoms with E-state index in [0.29, 0.717) is 35.6 Å². The van der Waals surface area contributed by atoms with E-state index in [2.05, 4.69) is 26.1 Å². The van der Waals surface area contributed by atoms with Gasteiger partial charge in [0.2, 0.25) is 0 Å². The van der Waals surface area contributed by atoms with Gasteiger partial charge in [-0.2, -0.15) is 10.2 Å². The largest absolute Gasteiger partial charge is 0.478 e. The van der Waals surface area contributed by atoms with Gasteiger partial charge >= 0.3 is 24.1 Å². The standard InChI is InChI=1S/C19H24N4O5.C13H12N2O3.C7H16N2O2/c1-12-15(17(25)26)11-22-23(12)14-7-5-13(6-8-14)16(24)20-9-10-21-18(27)28-19(2,3)4;1-8-12(9(2)16)7-14-15(8)11-5-3-10(4-6-11)13(17)18;1-7(2,3)11-6(10)9-5-4-8/h5-8,11H,9-10H2,1-4H3,(H,20,24)(H,21,27)(H,25,26);3-7H,1-2H3,(H,17,18);4-5,8H2,1-3H3,(H,9,10). The van der Waals surface area contributed by atoms with Gasteiger partial charge in [-0.3, -0.25) is 9.59 Å². The van der Waals surface area contributed by atoms with Crippen molar-refractivity contribution < 1.29 is 48.5 Å². The number of nitrogens with two attached hydrogens (primary N) is 1. The van der Waals surface area contributed by atoms with Crippen LogP contribution in [0.15, 0.2) is 60.9 Å². The van der Waals surface area contributed by atoms with Crippen LogP contribution < -0.4 is 21.7 Å². The Hall–Kier alpha value is -6.56. The Kier molecular flexibility index (Phi) is 17.1. The van der Waals surface area contributed by atoms with E-state index in [4.69, 9.17) is 25.4 Å². The number of Topliss-reactive ketones (excluding diaryl/α,β-unsaturated/α-hetero) is 1. The molecule has 0 aliphatic heterocycles. The molecule has 0 spiro atoms. The summed E-state index contributed by atoms with van der Waals surface area (Å²) in [6.07, 6.45) is 1.85. The lowest BCUT2D eigenvalue weighted by Crippen LogP contribution is -2.37. The number of carboxylic acids is 2. The van der Waals surface area contributed by atoms with E-state index in [1.54, 1.807) is 75.7 Å². The number of carbonyl (C=O) groups excluding carboxylic acids is 4. The van der Waals surface area contributed by atoms with Gasteiger partial charge in [0.15, 0.2) is 5.78 Å². The molecule has 0 saturated heterocycles. The van der Waals surface area contributed by atoms with Crippen molar-refractivity contribution in [2.24, 2.45) is 5.73 Å². The Morgan fingerprint density at radius 3 is 1.40 bits per heavy atom. The zero-order valence-electron chi connectivity index (χ0n) is 33.6. The number of hydrogen-bond donors (Lipinski definition) is 6. The predicted octanol–water partition coefficient (Wildman–Crippen LogP) is 4.68. The second-order valence-electron chi connectivity index (χ2n) is 14.3. The third kappa shape index (κ3) is 15.6. The summed E-state index contributed by atoms with van der Waals surface area (Å²) >= 11 is 0. The van der Waals surface area contributed by atoms with Crippen molar-refractivity contribution in [3.63, 3.8) is 0 Å². The average molecular weight is 793 g/mol. The molecule has 57 heavy (non-hydrogen) atoms. The van der Waals surface area contributed by atoms with Crippen molar-refractivity contribution in [3.8, 4) is 11.4 Å². The van der Waals surface area contributed by atoms with Crippen LogP contribution >= 0.6 is 0 Å². The number of rotatable bonds is 11. The fourth-order valence-electron chi connectivity index (χ4n) is 4.64. The van der Waals surface area contributed by atoms with Crippen molar-refractivity contribution in [3.05, 3.63) is 94.6 Å². The number of aromatic nitrogens is 4. The second kappa shape index (κ2) is 20.9. The van der Waals surface area contributed by atoms with Crippen molar-refractivity contribution in [1.82, 2.24) is 35.5 Å². The predicted molar refractivity (Wildman–Crippen MR) is 210 cm³/mol. The number of nitrogens with zero attached hydrogens (tertiary/aromatic N) is 4. The van der Waals surface area contributed by atoms with Crippen molar-refractivity contribution >= 4 is 35.8 Å². The summed E-state index contributed by atoms with van der Waals surface area (Å²) in [5.41, 5.74) is 8.12. The Morgan fingerprint density at radius 2 is 1.04 bits per heavy atom. The minimum Gasteiger partial charge on any atom is -0.478 e. The quantitative estimate of drug-likeness (QED) is 0.0891. The van der Waals surface area contributed by atoms with Gasteiger partial charge in [0.05, 0.1) is 46.3 Å². The molecule has 3 amide bonds. The molecule has 308 valence electrons. The summed E-state index contributed by atoms with van der Waals surface area (Å²) in [4.78, 5) is 67.7. The van der Waals surface area contributed by atoms with Crippen molar-refractivity contribution in [1.29, 1.82) is 0 Å². The number of amides is 3. The number of ketones is 1. The monoisotopic (exact) mass is 792 g/mol. The topological polar surface area (TPSA) is 259 Å². The van der Waals surface area contributed by atoms with E-state index in [9.17, 15) is 28.8 Å². The van der Waals surface area contributed by atoms with E-state index >= 15 is 0 Å². The second-order valence-corrected chi connectivity index (χ2v) is 14.3. The summed E-state index contributed by atoms with van der Waals surface area (Å²) in [5, 5.41) is 33.9. The van der Waals surface area contributed by atoms with Crippen LogP contribution in [0.3, 0.4) is 0 Å². The number of aromatic carboxylic acids is 2. The SMILES string of the molecule is CC(=O)c1cnn(-c2ccc(C(=O)O)cc2)c1C.CC(C)(C)OC(=O)NCCN.Cc1c(C(=O)O)cnn1-c1ccc(C(=O)NCCNC(=O)OC(C)(C)C)cc1. The van der Waals surface area contributed by atoms with Gasteiger partial charge in [-0.05, 0) is 111 Å². The number of carbonyl (C=O) groups is 6. The van der Waals surface area contributed by atoms with Crippen LogP contribution in [0, 0.1) is 13.8 Å². The Labute approximate surface area is 330 Å². The maximum absolute atomic E-state index is 12.2. The fourth-order valence-corrected chi connectivity index (χ4v) is 4.64. The van der Waals surface area contributed by atoms with Crippen LogP contribution in [0.25, 0.3) is 11.4 Å². The van der Waals surface area contributed by atoms with Gasteiger partial charge in [0, 0.05) is 31.7 Å². The van der Waals surface area contributed by atoms with E-state index in [1.165, 1.54) is 36.1 Å². The first-order valence-corrected chi connectivity index (χ1v) is 17.7. The van der Waals surface area contributed by atoms with Crippen LogP contribution in [0.4, 0.5) is 9.59 Å². The summed E-state index contributed by atoms with van der Waals surface area (Å²) in [6.45, 7) is 17.1.